The van der Waals surface area contributed by atoms with E-state index in [1.807, 2.05) is 23.5 Å². The topological polar surface area (TPSA) is 80.0 Å². The number of anilines is 1. The summed E-state index contributed by atoms with van der Waals surface area (Å²) in [7, 11) is 1.33. The van der Waals surface area contributed by atoms with Crippen LogP contribution in [-0.4, -0.2) is 60.4 Å². The maximum absolute atomic E-state index is 11.3. The van der Waals surface area contributed by atoms with Gasteiger partial charge in [-0.1, -0.05) is 0 Å². The van der Waals surface area contributed by atoms with Crippen LogP contribution in [0.4, 0.5) is 5.69 Å². The van der Waals surface area contributed by atoms with Crippen molar-refractivity contribution < 1.29 is 27.0 Å². The fourth-order valence-electron chi connectivity index (χ4n) is 3.90. The average Bonchev–Trinajstić information content (AvgIpc) is 3.28. The second kappa shape index (κ2) is 10.9. The van der Waals surface area contributed by atoms with Crippen LogP contribution in [0.5, 0.6) is 11.5 Å². The van der Waals surface area contributed by atoms with Gasteiger partial charge in [0, 0.05) is 0 Å². The Balaban J connectivity index is 1.67. The summed E-state index contributed by atoms with van der Waals surface area (Å²) in [5.41, 5.74) is 2.04. The Kier molecular flexibility index (Phi) is 8.25. The van der Waals surface area contributed by atoms with Crippen molar-refractivity contribution in [3.05, 3.63) is 44.8 Å². The number of thiazole rings is 1. The van der Waals surface area contributed by atoms with Crippen LogP contribution in [0.25, 0.3) is 12.2 Å². The van der Waals surface area contributed by atoms with E-state index in [0.29, 0.717) is 28.4 Å². The fourth-order valence-corrected chi connectivity index (χ4v) is 10.2. The van der Waals surface area contributed by atoms with Crippen LogP contribution in [0.1, 0.15) is 30.2 Å². The Morgan fingerprint density at radius 1 is 1.29 bits per heavy atom. The van der Waals surface area contributed by atoms with E-state index in [1.165, 1.54) is 13.6 Å². The first kappa shape index (κ1) is 26.6. The SMILES string of the molecule is COc1cc2c(cc1OC)N(CCCS(=O)(=O)O)C(=CC(C)=Cc1sc3c([n+]1C)[Te]C(C)C=C3)S2. The molecule has 188 valence electrons. The first-order chi connectivity index (χ1) is 16.6. The van der Waals surface area contributed by atoms with Gasteiger partial charge < -0.3 is 0 Å². The Morgan fingerprint density at radius 3 is 2.69 bits per heavy atom. The number of aromatic nitrogens is 1. The molecule has 4 rings (SSSR count). The number of thioether (sulfide) groups is 1. The van der Waals surface area contributed by atoms with Gasteiger partial charge in [-0.15, -0.1) is 0 Å². The van der Waals surface area contributed by atoms with E-state index in [1.54, 1.807) is 26.0 Å². The summed E-state index contributed by atoms with van der Waals surface area (Å²) in [6.45, 7) is 4.82. The molecule has 1 aromatic carbocycles. The normalized spacial score (nSPS) is 18.7. The average molecular weight is 649 g/mol. The predicted molar refractivity (Wildman–Crippen MR) is 145 cm³/mol. The summed E-state index contributed by atoms with van der Waals surface area (Å²) in [5.74, 6) is 0.973. The number of hydrogen-bond acceptors (Lipinski definition) is 7. The van der Waals surface area contributed by atoms with Gasteiger partial charge in [0.15, 0.2) is 0 Å². The summed E-state index contributed by atoms with van der Waals surface area (Å²) in [6.07, 6.45) is 9.22. The van der Waals surface area contributed by atoms with Gasteiger partial charge in [0.05, 0.1) is 14.2 Å². The van der Waals surface area contributed by atoms with Gasteiger partial charge in [-0.05, 0) is 0 Å². The van der Waals surface area contributed by atoms with Crippen molar-refractivity contribution >= 4 is 75.7 Å². The third kappa shape index (κ3) is 6.09. The minimum atomic E-state index is -4.02. The first-order valence-corrected chi connectivity index (χ1v) is 16.8. The van der Waals surface area contributed by atoms with Crippen molar-refractivity contribution in [1.29, 1.82) is 0 Å². The van der Waals surface area contributed by atoms with Crippen LogP contribution >= 0.6 is 23.1 Å². The number of nitrogens with zero attached hydrogens (tertiary/aromatic N) is 2. The summed E-state index contributed by atoms with van der Waals surface area (Å²) >= 11 is 3.20. The molecule has 0 saturated carbocycles. The first-order valence-electron chi connectivity index (χ1n) is 11.0. The number of hydrogen-bond donors (Lipinski definition) is 1. The molecule has 0 fully saturated rings. The zero-order chi connectivity index (χ0) is 25.3. The molecule has 1 aromatic heterocycles. The van der Waals surface area contributed by atoms with E-state index >= 15 is 0 Å². The molecule has 2 aromatic rings. The standard InChI is InChI=1S/C24H28N2O5S3Te/c1-15(11-22-25(3)24-20(32-22)8-7-16(2)35-24)12-23-26(9-6-10-34(27,28)29)17-13-18(30-4)19(31-5)14-21(17)33-23/h7-8,11-14,16H,6,9-10H2,1-5H3/p+1. The van der Waals surface area contributed by atoms with Crippen LogP contribution in [-0.2, 0) is 17.2 Å². The molecule has 3 heterocycles. The molecule has 1 unspecified atom stereocenters. The molecule has 7 nitrogen and oxygen atoms in total. The number of fused-ring (bicyclic) bond motifs is 2. The monoisotopic (exact) mass is 651 g/mol. The van der Waals surface area contributed by atoms with Gasteiger partial charge in [0.1, 0.15) is 0 Å². The van der Waals surface area contributed by atoms with Crippen molar-refractivity contribution in [3.8, 4) is 11.5 Å². The van der Waals surface area contributed by atoms with Crippen LogP contribution in [0, 0.1) is 0 Å². The molecule has 1 N–H and O–H groups in total. The minimum absolute atomic E-state index is 0.236. The van der Waals surface area contributed by atoms with E-state index < -0.39 is 10.1 Å². The summed E-state index contributed by atoms with van der Waals surface area (Å²) < 4.78 is 47.3. The molecule has 0 saturated heterocycles. The number of methoxy groups -OCH3 is 2. The van der Waals surface area contributed by atoms with Crippen LogP contribution in [0.2, 0.25) is 3.97 Å². The molecule has 2 aliphatic heterocycles. The zero-order valence-corrected chi connectivity index (χ0v) is 25.1. The van der Waals surface area contributed by atoms with Gasteiger partial charge >= 0.3 is 199 Å². The molecule has 35 heavy (non-hydrogen) atoms. The molecular formula is C24H29N2O5S3Te+. The Labute approximate surface area is 225 Å². The second-order valence-corrected chi connectivity index (χ2v) is 15.9. The number of benzene rings is 1. The molecule has 0 radical (unpaired) electrons. The van der Waals surface area contributed by atoms with E-state index in [-0.39, 0.29) is 26.7 Å². The summed E-state index contributed by atoms with van der Waals surface area (Å²) in [6, 6.07) is 3.86. The van der Waals surface area contributed by atoms with Crippen molar-refractivity contribution in [2.45, 2.75) is 29.1 Å². The van der Waals surface area contributed by atoms with Gasteiger partial charge in [-0.2, -0.15) is 8.42 Å². The maximum atomic E-state index is 11.3. The van der Waals surface area contributed by atoms with Gasteiger partial charge in [0.2, 0.25) is 0 Å². The molecule has 0 aliphatic carbocycles. The van der Waals surface area contributed by atoms with Gasteiger partial charge in [-0.25, -0.2) is 0 Å². The Morgan fingerprint density at radius 2 is 2.00 bits per heavy atom. The van der Waals surface area contributed by atoms with E-state index in [2.05, 4.69) is 54.7 Å². The van der Waals surface area contributed by atoms with Gasteiger partial charge in [0.25, 0.3) is 0 Å². The third-order valence-corrected chi connectivity index (χ3v) is 12.6. The Hall–Kier alpha value is -1.48. The second-order valence-electron chi connectivity index (χ2n) is 8.29. The summed E-state index contributed by atoms with van der Waals surface area (Å²) in [4.78, 5) is 4.46. The van der Waals surface area contributed by atoms with E-state index in [9.17, 15) is 13.0 Å². The van der Waals surface area contributed by atoms with Crippen LogP contribution in [0.3, 0.4) is 0 Å². The quantitative estimate of drug-likeness (QED) is 0.264. The predicted octanol–water partition coefficient (Wildman–Crippen LogP) is 3.89. The third-order valence-electron chi connectivity index (χ3n) is 5.60. The van der Waals surface area contributed by atoms with Crippen molar-refractivity contribution in [2.75, 3.05) is 31.4 Å². The molecule has 2 aliphatic rings. The van der Waals surface area contributed by atoms with E-state index in [0.717, 1.165) is 21.2 Å². The zero-order valence-electron chi connectivity index (χ0n) is 20.3. The van der Waals surface area contributed by atoms with Crippen molar-refractivity contribution in [2.24, 2.45) is 7.05 Å². The molecule has 0 spiro atoms. The summed E-state index contributed by atoms with van der Waals surface area (Å²) in [5, 5.41) is 2.21. The molecule has 0 amide bonds. The molecule has 11 heteroatoms. The fraction of sp³-hybridized carbons (Fsp3) is 0.375. The van der Waals surface area contributed by atoms with Crippen LogP contribution < -0.4 is 22.7 Å². The van der Waals surface area contributed by atoms with Gasteiger partial charge in [-0.3, -0.25) is 4.55 Å². The number of ether oxygens (including phenoxy) is 2. The van der Waals surface area contributed by atoms with Crippen molar-refractivity contribution in [1.82, 2.24) is 0 Å². The molecule has 0 bridgehead atoms. The van der Waals surface area contributed by atoms with E-state index in [4.69, 9.17) is 9.47 Å². The number of allylic oxidation sites excluding steroid dienone is 3. The van der Waals surface area contributed by atoms with Crippen LogP contribution in [0.15, 0.2) is 39.8 Å². The Bertz CT molecular complexity index is 1330. The van der Waals surface area contributed by atoms with Crippen molar-refractivity contribution in [3.63, 3.8) is 0 Å². The molecular weight excluding hydrogens is 620 g/mol. The number of rotatable bonds is 8. The molecule has 1 atom stereocenters.